The highest BCUT2D eigenvalue weighted by Crippen LogP contribution is 2.27. The molecule has 0 bridgehead atoms. The molecular formula is C23H32ClN3O3. The molecule has 0 aromatic heterocycles. The number of carbonyl (C=O) groups excluding carboxylic acids is 3. The van der Waals surface area contributed by atoms with E-state index in [0.717, 1.165) is 38.5 Å². The average Bonchev–Trinajstić information content (AvgIpc) is 3.02. The molecule has 1 aromatic rings. The predicted octanol–water partition coefficient (Wildman–Crippen LogP) is 3.21. The quantitative estimate of drug-likeness (QED) is 0.646. The number of benzene rings is 1. The summed E-state index contributed by atoms with van der Waals surface area (Å²) in [5.41, 5.74) is 1.01. The van der Waals surface area contributed by atoms with Gasteiger partial charge in [0.1, 0.15) is 0 Å². The van der Waals surface area contributed by atoms with Gasteiger partial charge in [-0.05, 0) is 24.5 Å². The maximum atomic E-state index is 12.5. The van der Waals surface area contributed by atoms with Crippen LogP contribution in [0.25, 0.3) is 0 Å². The Hall–Kier alpha value is -1.92. The van der Waals surface area contributed by atoms with Gasteiger partial charge < -0.3 is 4.90 Å². The number of fused-ring (bicyclic) bond motifs is 1. The van der Waals surface area contributed by atoms with Crippen molar-refractivity contribution in [1.82, 2.24) is 14.7 Å². The van der Waals surface area contributed by atoms with Crippen molar-refractivity contribution in [3.8, 4) is 0 Å². The van der Waals surface area contributed by atoms with Crippen LogP contribution < -0.4 is 0 Å². The number of imide groups is 1. The summed E-state index contributed by atoms with van der Waals surface area (Å²) in [6.45, 7) is 4.16. The first kappa shape index (κ1) is 22.8. The summed E-state index contributed by atoms with van der Waals surface area (Å²) < 4.78 is 0. The molecule has 2 aliphatic heterocycles. The Morgan fingerprint density at radius 1 is 0.867 bits per heavy atom. The van der Waals surface area contributed by atoms with E-state index in [1.165, 1.54) is 37.0 Å². The highest BCUT2D eigenvalue weighted by molar-refractivity contribution is 6.21. The number of halogens is 1. The van der Waals surface area contributed by atoms with Gasteiger partial charge in [0.05, 0.1) is 11.1 Å². The van der Waals surface area contributed by atoms with Crippen molar-refractivity contribution in [1.29, 1.82) is 0 Å². The molecule has 3 aliphatic rings. The second-order valence-electron chi connectivity index (χ2n) is 8.57. The molecule has 4 rings (SSSR count). The van der Waals surface area contributed by atoms with Crippen LogP contribution in [0, 0.1) is 5.92 Å². The molecule has 1 saturated carbocycles. The van der Waals surface area contributed by atoms with Crippen LogP contribution in [0.3, 0.4) is 0 Å². The maximum Gasteiger partial charge on any atom is 0.261 e. The zero-order valence-corrected chi connectivity index (χ0v) is 18.4. The first-order valence-electron chi connectivity index (χ1n) is 11.1. The van der Waals surface area contributed by atoms with E-state index < -0.39 is 0 Å². The molecule has 0 radical (unpaired) electrons. The van der Waals surface area contributed by atoms with E-state index in [-0.39, 0.29) is 30.1 Å². The molecule has 0 atom stereocenters. The minimum Gasteiger partial charge on any atom is -0.340 e. The highest BCUT2D eigenvalue weighted by Gasteiger charge is 2.35. The molecule has 2 fully saturated rings. The largest absolute Gasteiger partial charge is 0.340 e. The summed E-state index contributed by atoms with van der Waals surface area (Å²) >= 11 is 0. The fourth-order valence-corrected chi connectivity index (χ4v) is 4.87. The van der Waals surface area contributed by atoms with Crippen molar-refractivity contribution >= 4 is 30.1 Å². The molecule has 7 heteroatoms. The first-order chi connectivity index (χ1) is 14.1. The zero-order valence-electron chi connectivity index (χ0n) is 17.6. The molecule has 3 amide bonds. The number of hydrogen-bond acceptors (Lipinski definition) is 4. The Kier molecular flexibility index (Phi) is 7.89. The molecule has 2 heterocycles. The Morgan fingerprint density at radius 2 is 1.47 bits per heavy atom. The number of amides is 3. The SMILES string of the molecule is Cl.O=C(CCC1CCCCC1)N1CCN(CCN2C(=O)c3ccccc3C2=O)CC1. The average molecular weight is 434 g/mol. The summed E-state index contributed by atoms with van der Waals surface area (Å²) in [6.07, 6.45) is 8.30. The van der Waals surface area contributed by atoms with Crippen LogP contribution in [0.5, 0.6) is 0 Å². The Balaban J connectivity index is 0.00000256. The van der Waals surface area contributed by atoms with Crippen molar-refractivity contribution in [2.24, 2.45) is 5.92 Å². The predicted molar refractivity (Wildman–Crippen MR) is 118 cm³/mol. The molecule has 0 unspecified atom stereocenters. The number of hydrogen-bond donors (Lipinski definition) is 0. The Bertz CT molecular complexity index is 736. The lowest BCUT2D eigenvalue weighted by Gasteiger charge is -2.35. The lowest BCUT2D eigenvalue weighted by Crippen LogP contribution is -2.50. The normalized spacial score (nSPS) is 20.3. The molecule has 30 heavy (non-hydrogen) atoms. The van der Waals surface area contributed by atoms with Crippen LogP contribution in [-0.2, 0) is 4.79 Å². The van der Waals surface area contributed by atoms with E-state index in [9.17, 15) is 14.4 Å². The highest BCUT2D eigenvalue weighted by atomic mass is 35.5. The van der Waals surface area contributed by atoms with Crippen molar-refractivity contribution in [2.45, 2.75) is 44.9 Å². The minimum absolute atomic E-state index is 0. The lowest BCUT2D eigenvalue weighted by atomic mass is 9.86. The summed E-state index contributed by atoms with van der Waals surface area (Å²) in [5.74, 6) is 0.647. The lowest BCUT2D eigenvalue weighted by molar-refractivity contribution is -0.133. The van der Waals surface area contributed by atoms with Gasteiger partial charge in [0.15, 0.2) is 0 Å². The number of rotatable bonds is 6. The Labute approximate surface area is 185 Å². The number of nitrogens with zero attached hydrogens (tertiary/aromatic N) is 3. The van der Waals surface area contributed by atoms with Gasteiger partial charge in [-0.3, -0.25) is 24.2 Å². The third kappa shape index (κ3) is 5.03. The maximum absolute atomic E-state index is 12.5. The van der Waals surface area contributed by atoms with Gasteiger partial charge in [-0.1, -0.05) is 44.2 Å². The van der Waals surface area contributed by atoms with E-state index in [4.69, 9.17) is 0 Å². The molecule has 1 aliphatic carbocycles. The fourth-order valence-electron chi connectivity index (χ4n) is 4.87. The topological polar surface area (TPSA) is 60.9 Å². The van der Waals surface area contributed by atoms with Gasteiger partial charge in [0.25, 0.3) is 11.8 Å². The molecule has 1 saturated heterocycles. The number of carbonyl (C=O) groups is 3. The summed E-state index contributed by atoms with van der Waals surface area (Å²) in [4.78, 5) is 43.0. The second kappa shape index (κ2) is 10.4. The van der Waals surface area contributed by atoms with Crippen LogP contribution >= 0.6 is 12.4 Å². The van der Waals surface area contributed by atoms with Crippen LogP contribution in [0.1, 0.15) is 65.7 Å². The second-order valence-corrected chi connectivity index (χ2v) is 8.57. The van der Waals surface area contributed by atoms with E-state index in [0.29, 0.717) is 30.6 Å². The van der Waals surface area contributed by atoms with Gasteiger partial charge in [-0.25, -0.2) is 0 Å². The van der Waals surface area contributed by atoms with Crippen molar-refractivity contribution in [3.63, 3.8) is 0 Å². The molecule has 0 spiro atoms. The van der Waals surface area contributed by atoms with Crippen molar-refractivity contribution in [2.75, 3.05) is 39.3 Å². The molecule has 164 valence electrons. The van der Waals surface area contributed by atoms with Crippen LogP contribution in [0.2, 0.25) is 0 Å². The monoisotopic (exact) mass is 433 g/mol. The van der Waals surface area contributed by atoms with E-state index in [1.54, 1.807) is 24.3 Å². The number of piperazine rings is 1. The third-order valence-corrected chi connectivity index (χ3v) is 6.73. The summed E-state index contributed by atoms with van der Waals surface area (Å²) in [5, 5.41) is 0. The van der Waals surface area contributed by atoms with E-state index >= 15 is 0 Å². The molecular weight excluding hydrogens is 402 g/mol. The molecule has 1 aromatic carbocycles. The van der Waals surface area contributed by atoms with Gasteiger partial charge in [-0.15, -0.1) is 12.4 Å². The van der Waals surface area contributed by atoms with Crippen LogP contribution in [0.15, 0.2) is 24.3 Å². The molecule has 0 N–H and O–H groups in total. The van der Waals surface area contributed by atoms with Gasteiger partial charge >= 0.3 is 0 Å². The van der Waals surface area contributed by atoms with Crippen molar-refractivity contribution in [3.05, 3.63) is 35.4 Å². The van der Waals surface area contributed by atoms with E-state index in [2.05, 4.69) is 4.90 Å². The minimum atomic E-state index is -0.192. The summed E-state index contributed by atoms with van der Waals surface area (Å²) in [6, 6.07) is 7.01. The van der Waals surface area contributed by atoms with Gasteiger partial charge in [0, 0.05) is 45.7 Å². The zero-order chi connectivity index (χ0) is 20.2. The van der Waals surface area contributed by atoms with Crippen molar-refractivity contribution < 1.29 is 14.4 Å². The Morgan fingerprint density at radius 3 is 2.07 bits per heavy atom. The van der Waals surface area contributed by atoms with Crippen LogP contribution in [0.4, 0.5) is 0 Å². The first-order valence-corrected chi connectivity index (χ1v) is 11.1. The van der Waals surface area contributed by atoms with Crippen LogP contribution in [-0.4, -0.2) is 71.7 Å². The summed E-state index contributed by atoms with van der Waals surface area (Å²) in [7, 11) is 0. The third-order valence-electron chi connectivity index (χ3n) is 6.73. The smallest absolute Gasteiger partial charge is 0.261 e. The van der Waals surface area contributed by atoms with E-state index in [1.807, 2.05) is 4.90 Å². The fraction of sp³-hybridized carbons (Fsp3) is 0.609. The van der Waals surface area contributed by atoms with Gasteiger partial charge in [-0.2, -0.15) is 0 Å². The standard InChI is InChI=1S/C23H31N3O3.ClH/c27-21(11-10-18-6-2-1-3-7-18)25-15-12-24(13-16-25)14-17-26-22(28)19-8-4-5-9-20(19)23(26)29;/h4-5,8-9,18H,1-3,6-7,10-17H2;1H. The molecule has 6 nitrogen and oxygen atoms in total. The van der Waals surface area contributed by atoms with Gasteiger partial charge in [0.2, 0.25) is 5.91 Å².